The molecule has 0 unspecified atom stereocenters. The summed E-state index contributed by atoms with van der Waals surface area (Å²) in [6, 6.07) is 8.53. The number of likely N-dealkylation sites (tertiary alicyclic amines) is 1. The highest BCUT2D eigenvalue weighted by molar-refractivity contribution is 6.44. The van der Waals surface area contributed by atoms with Crippen molar-refractivity contribution < 1.29 is 19.2 Å². The van der Waals surface area contributed by atoms with E-state index in [1.165, 1.54) is 6.42 Å². The minimum absolute atomic E-state index is 0.0311. The fraction of sp³-hybridized carbons (Fsp3) is 0.524. The van der Waals surface area contributed by atoms with Gasteiger partial charge < -0.3 is 4.90 Å². The monoisotopic (exact) mass is 383 g/mol. The Hall–Kier alpha value is -2.70. The van der Waals surface area contributed by atoms with Crippen LogP contribution in [-0.2, 0) is 20.9 Å². The molecule has 1 saturated carbocycles. The van der Waals surface area contributed by atoms with Crippen molar-refractivity contribution in [3.63, 3.8) is 0 Å². The predicted molar refractivity (Wildman–Crippen MR) is 101 cm³/mol. The van der Waals surface area contributed by atoms with Crippen LogP contribution in [0, 0.1) is 5.92 Å². The number of hydrogen-bond acceptors (Lipinski definition) is 4. The van der Waals surface area contributed by atoms with Gasteiger partial charge in [0.1, 0.15) is 6.54 Å². The topological polar surface area (TPSA) is 78.0 Å². The maximum atomic E-state index is 12.9. The van der Waals surface area contributed by atoms with Gasteiger partial charge in [-0.15, -0.1) is 0 Å². The number of carbonyl (C=O) groups excluding carboxylic acids is 4. The Bertz CT molecular complexity index is 792. The third-order valence-corrected chi connectivity index (χ3v) is 6.18. The van der Waals surface area contributed by atoms with Crippen LogP contribution in [0.25, 0.3) is 0 Å². The standard InChI is InChI=1S/C21H25N3O4/c25-18(22-12-6-10-16-9-4-5-11-17(16)22)14-24-20(27)19(26)23(21(24)28)13-15-7-2-1-3-8-15/h1-3,7-8,16-17H,4-6,9-14H2/t16-,17-/m1/s1. The summed E-state index contributed by atoms with van der Waals surface area (Å²) in [4.78, 5) is 53.8. The minimum atomic E-state index is -0.911. The van der Waals surface area contributed by atoms with Crippen molar-refractivity contribution in [2.24, 2.45) is 5.92 Å². The van der Waals surface area contributed by atoms with E-state index < -0.39 is 17.8 Å². The van der Waals surface area contributed by atoms with Crippen molar-refractivity contribution in [2.75, 3.05) is 13.1 Å². The summed E-state index contributed by atoms with van der Waals surface area (Å²) in [7, 11) is 0. The first kappa shape index (κ1) is 18.7. The van der Waals surface area contributed by atoms with Crippen LogP contribution in [0.3, 0.4) is 0 Å². The molecule has 28 heavy (non-hydrogen) atoms. The molecular weight excluding hydrogens is 358 g/mol. The summed E-state index contributed by atoms with van der Waals surface area (Å²) in [6.07, 6.45) is 6.52. The molecule has 2 saturated heterocycles. The van der Waals surface area contributed by atoms with E-state index >= 15 is 0 Å². The summed E-state index contributed by atoms with van der Waals surface area (Å²) in [5, 5.41) is 0. The van der Waals surface area contributed by atoms with E-state index in [-0.39, 0.29) is 25.0 Å². The van der Waals surface area contributed by atoms with Gasteiger partial charge in [-0.05, 0) is 37.2 Å². The lowest BCUT2D eigenvalue weighted by atomic mass is 9.78. The molecule has 1 aliphatic carbocycles. The van der Waals surface area contributed by atoms with Crippen LogP contribution in [0.4, 0.5) is 4.79 Å². The zero-order valence-corrected chi connectivity index (χ0v) is 15.9. The van der Waals surface area contributed by atoms with Crippen LogP contribution in [-0.4, -0.2) is 57.6 Å². The number of amides is 5. The maximum Gasteiger partial charge on any atom is 0.335 e. The molecule has 1 aromatic carbocycles. The Kier molecular flexibility index (Phi) is 5.15. The van der Waals surface area contributed by atoms with Gasteiger partial charge in [0.05, 0.1) is 6.54 Å². The molecule has 2 atom stereocenters. The molecule has 0 spiro atoms. The third-order valence-electron chi connectivity index (χ3n) is 6.18. The highest BCUT2D eigenvalue weighted by Gasteiger charge is 2.46. The molecule has 2 heterocycles. The van der Waals surface area contributed by atoms with E-state index in [2.05, 4.69) is 0 Å². The van der Waals surface area contributed by atoms with E-state index in [0.29, 0.717) is 12.5 Å². The van der Waals surface area contributed by atoms with Gasteiger partial charge in [-0.2, -0.15) is 0 Å². The van der Waals surface area contributed by atoms with Gasteiger partial charge in [0.2, 0.25) is 5.91 Å². The van der Waals surface area contributed by atoms with Crippen molar-refractivity contribution in [3.8, 4) is 0 Å². The Balaban J connectivity index is 1.45. The van der Waals surface area contributed by atoms with Crippen LogP contribution in [0.2, 0.25) is 0 Å². The Morgan fingerprint density at radius 1 is 0.893 bits per heavy atom. The Labute approximate surface area is 164 Å². The normalized spacial score (nSPS) is 25.3. The fourth-order valence-corrected chi connectivity index (χ4v) is 4.76. The molecule has 3 aliphatic rings. The lowest BCUT2D eigenvalue weighted by Crippen LogP contribution is -2.53. The van der Waals surface area contributed by atoms with Crippen LogP contribution in [0.15, 0.2) is 30.3 Å². The van der Waals surface area contributed by atoms with Crippen LogP contribution >= 0.6 is 0 Å². The van der Waals surface area contributed by atoms with Crippen molar-refractivity contribution >= 4 is 23.8 Å². The number of piperidine rings is 1. The second-order valence-corrected chi connectivity index (χ2v) is 7.89. The molecular formula is C21H25N3O4. The average Bonchev–Trinajstić information content (AvgIpc) is 2.92. The highest BCUT2D eigenvalue weighted by Crippen LogP contribution is 2.35. The first-order valence-corrected chi connectivity index (χ1v) is 10.1. The molecule has 7 nitrogen and oxygen atoms in total. The number of carbonyl (C=O) groups is 4. The summed E-state index contributed by atoms with van der Waals surface area (Å²) >= 11 is 0. The molecule has 4 rings (SSSR count). The van der Waals surface area contributed by atoms with E-state index in [4.69, 9.17) is 0 Å². The number of nitrogens with zero attached hydrogens (tertiary/aromatic N) is 3. The molecule has 2 aliphatic heterocycles. The van der Waals surface area contributed by atoms with Gasteiger partial charge in [0.15, 0.2) is 0 Å². The van der Waals surface area contributed by atoms with Crippen LogP contribution < -0.4 is 0 Å². The number of rotatable bonds is 4. The highest BCUT2D eigenvalue weighted by atomic mass is 16.2. The van der Waals surface area contributed by atoms with Crippen LogP contribution in [0.1, 0.15) is 44.1 Å². The molecule has 7 heteroatoms. The zero-order chi connectivity index (χ0) is 19.7. The molecule has 0 bridgehead atoms. The maximum absolute atomic E-state index is 12.9. The van der Waals surface area contributed by atoms with Gasteiger partial charge in [-0.3, -0.25) is 19.3 Å². The first-order chi connectivity index (χ1) is 13.6. The van der Waals surface area contributed by atoms with E-state index in [9.17, 15) is 19.2 Å². The predicted octanol–water partition coefficient (Wildman–Crippen LogP) is 2.16. The van der Waals surface area contributed by atoms with Gasteiger partial charge >= 0.3 is 17.8 Å². The lowest BCUT2D eigenvalue weighted by molar-refractivity contribution is -0.146. The molecule has 0 aromatic heterocycles. The molecule has 1 aromatic rings. The van der Waals surface area contributed by atoms with Crippen LogP contribution in [0.5, 0.6) is 0 Å². The van der Waals surface area contributed by atoms with Crippen molar-refractivity contribution in [3.05, 3.63) is 35.9 Å². The second kappa shape index (κ2) is 7.73. The van der Waals surface area contributed by atoms with Gasteiger partial charge in [-0.25, -0.2) is 9.69 Å². The summed E-state index contributed by atoms with van der Waals surface area (Å²) < 4.78 is 0. The Morgan fingerprint density at radius 3 is 2.36 bits per heavy atom. The third kappa shape index (κ3) is 3.41. The summed E-state index contributed by atoms with van der Waals surface area (Å²) in [5.41, 5.74) is 0.756. The Morgan fingerprint density at radius 2 is 1.57 bits per heavy atom. The smallest absolute Gasteiger partial charge is 0.335 e. The molecule has 0 N–H and O–H groups in total. The number of urea groups is 1. The van der Waals surface area contributed by atoms with E-state index in [1.807, 2.05) is 11.0 Å². The quantitative estimate of drug-likeness (QED) is 0.590. The van der Waals surface area contributed by atoms with Gasteiger partial charge in [0.25, 0.3) is 0 Å². The molecule has 3 fully saturated rings. The van der Waals surface area contributed by atoms with E-state index in [1.54, 1.807) is 24.3 Å². The largest absolute Gasteiger partial charge is 0.338 e. The fourth-order valence-electron chi connectivity index (χ4n) is 4.76. The average molecular weight is 383 g/mol. The van der Waals surface area contributed by atoms with Crippen molar-refractivity contribution in [1.82, 2.24) is 14.7 Å². The minimum Gasteiger partial charge on any atom is -0.338 e. The van der Waals surface area contributed by atoms with Gasteiger partial charge in [-0.1, -0.05) is 43.2 Å². The second-order valence-electron chi connectivity index (χ2n) is 7.89. The molecule has 148 valence electrons. The number of hydrogen-bond donors (Lipinski definition) is 0. The molecule has 0 radical (unpaired) electrons. The number of fused-ring (bicyclic) bond motifs is 1. The molecule has 5 amide bonds. The summed E-state index contributed by atoms with van der Waals surface area (Å²) in [5.74, 6) is -1.48. The lowest BCUT2D eigenvalue weighted by Gasteiger charge is -2.44. The first-order valence-electron chi connectivity index (χ1n) is 10.1. The SMILES string of the molecule is O=C1C(=O)N(Cc2ccccc2)C(=O)N1CC(=O)N1CCC[C@H]2CCCC[C@H]21. The zero-order valence-electron chi connectivity index (χ0n) is 15.9. The summed E-state index contributed by atoms with van der Waals surface area (Å²) in [6.45, 7) is 0.346. The number of imide groups is 2. The van der Waals surface area contributed by atoms with Crippen molar-refractivity contribution in [2.45, 2.75) is 51.1 Å². The van der Waals surface area contributed by atoms with Crippen molar-refractivity contribution in [1.29, 1.82) is 0 Å². The van der Waals surface area contributed by atoms with E-state index in [0.717, 1.165) is 47.5 Å². The number of benzene rings is 1. The van der Waals surface area contributed by atoms with Gasteiger partial charge in [0, 0.05) is 12.6 Å².